The van der Waals surface area contributed by atoms with Gasteiger partial charge in [0.2, 0.25) is 5.91 Å². The molecule has 2 aromatic rings. The van der Waals surface area contributed by atoms with Gasteiger partial charge in [-0.1, -0.05) is 18.2 Å². The fourth-order valence-corrected chi connectivity index (χ4v) is 5.35. The number of carbonyl (C=O) groups excluding carboxylic acids is 1. The molecular formula is C25H31N3O4. The minimum Gasteiger partial charge on any atom is -0.497 e. The summed E-state index contributed by atoms with van der Waals surface area (Å²) in [6.07, 6.45) is 0.893. The number of fused-ring (bicyclic) bond motifs is 3. The first-order valence-electron chi connectivity index (χ1n) is 11.4. The predicted molar refractivity (Wildman–Crippen MR) is 123 cm³/mol. The van der Waals surface area contributed by atoms with E-state index in [1.807, 2.05) is 17.0 Å². The third-order valence-electron chi connectivity index (χ3n) is 7.08. The molecule has 3 heterocycles. The van der Waals surface area contributed by atoms with Crippen molar-refractivity contribution in [3.05, 3.63) is 48.0 Å². The molecular weight excluding hydrogens is 406 g/mol. The molecule has 3 aliphatic rings. The van der Waals surface area contributed by atoms with Crippen molar-refractivity contribution in [3.63, 3.8) is 0 Å². The van der Waals surface area contributed by atoms with Gasteiger partial charge in [-0.15, -0.1) is 0 Å². The lowest BCUT2D eigenvalue weighted by Crippen LogP contribution is -2.47. The van der Waals surface area contributed by atoms with Crippen LogP contribution in [0.1, 0.15) is 18.0 Å². The molecule has 32 heavy (non-hydrogen) atoms. The van der Waals surface area contributed by atoms with Gasteiger partial charge < -0.3 is 24.8 Å². The lowest BCUT2D eigenvalue weighted by atomic mass is 9.82. The summed E-state index contributed by atoms with van der Waals surface area (Å²) in [7, 11) is 1.67. The second-order valence-corrected chi connectivity index (χ2v) is 8.84. The maximum atomic E-state index is 13.3. The summed E-state index contributed by atoms with van der Waals surface area (Å²) in [6, 6.07) is 14.4. The van der Waals surface area contributed by atoms with E-state index in [-0.39, 0.29) is 30.5 Å². The van der Waals surface area contributed by atoms with Crippen LogP contribution in [-0.4, -0.2) is 80.0 Å². The number of amides is 1. The number of nitrogens with zero attached hydrogens (tertiary/aromatic N) is 2. The highest BCUT2D eigenvalue weighted by molar-refractivity contribution is 5.80. The van der Waals surface area contributed by atoms with Crippen molar-refractivity contribution in [2.24, 2.45) is 5.92 Å². The highest BCUT2D eigenvalue weighted by Crippen LogP contribution is 2.47. The summed E-state index contributed by atoms with van der Waals surface area (Å²) in [5.41, 5.74) is 4.37. The third kappa shape index (κ3) is 3.96. The number of hydrogen-bond acceptors (Lipinski definition) is 6. The number of methoxy groups -OCH3 is 1. The summed E-state index contributed by atoms with van der Waals surface area (Å²) in [6.45, 7) is 4.18. The van der Waals surface area contributed by atoms with E-state index in [4.69, 9.17) is 9.47 Å². The first kappa shape index (κ1) is 21.2. The van der Waals surface area contributed by atoms with Gasteiger partial charge in [0, 0.05) is 31.2 Å². The second kappa shape index (κ2) is 9.10. The van der Waals surface area contributed by atoms with Crippen molar-refractivity contribution in [1.29, 1.82) is 0 Å². The van der Waals surface area contributed by atoms with Crippen molar-refractivity contribution < 1.29 is 19.4 Å². The molecule has 0 saturated carbocycles. The number of carbonyl (C=O) groups is 1. The molecule has 3 aliphatic heterocycles. The molecule has 3 atom stereocenters. The Bertz CT molecular complexity index is 958. The van der Waals surface area contributed by atoms with Crippen LogP contribution in [0.4, 0.5) is 5.69 Å². The molecule has 0 aromatic heterocycles. The number of rotatable bonds is 5. The van der Waals surface area contributed by atoms with Crippen molar-refractivity contribution in [3.8, 4) is 16.9 Å². The Morgan fingerprint density at radius 3 is 2.59 bits per heavy atom. The number of morpholine rings is 1. The highest BCUT2D eigenvalue weighted by atomic mass is 16.5. The normalized spacial score (nSPS) is 25.1. The molecule has 170 valence electrons. The molecule has 7 nitrogen and oxygen atoms in total. The fourth-order valence-electron chi connectivity index (χ4n) is 5.35. The topological polar surface area (TPSA) is 74.3 Å². The Morgan fingerprint density at radius 2 is 1.88 bits per heavy atom. The molecule has 5 rings (SSSR count). The molecule has 1 amide bonds. The van der Waals surface area contributed by atoms with Gasteiger partial charge in [0.05, 0.1) is 45.6 Å². The van der Waals surface area contributed by atoms with Crippen molar-refractivity contribution in [2.45, 2.75) is 18.5 Å². The summed E-state index contributed by atoms with van der Waals surface area (Å²) >= 11 is 0. The van der Waals surface area contributed by atoms with Crippen molar-refractivity contribution in [2.75, 3.05) is 58.4 Å². The van der Waals surface area contributed by atoms with Gasteiger partial charge in [-0.05, 0) is 47.4 Å². The predicted octanol–water partition coefficient (Wildman–Crippen LogP) is 2.37. The quantitative estimate of drug-likeness (QED) is 0.748. The molecule has 2 aromatic carbocycles. The molecule has 0 bridgehead atoms. The van der Waals surface area contributed by atoms with Gasteiger partial charge in [0.15, 0.2) is 0 Å². The van der Waals surface area contributed by atoms with Gasteiger partial charge in [-0.3, -0.25) is 9.69 Å². The minimum atomic E-state index is -0.0412. The minimum absolute atomic E-state index is 0.0184. The van der Waals surface area contributed by atoms with E-state index in [9.17, 15) is 9.90 Å². The molecule has 2 N–H and O–H groups in total. The van der Waals surface area contributed by atoms with Crippen LogP contribution in [0.25, 0.3) is 11.1 Å². The monoisotopic (exact) mass is 437 g/mol. The lowest BCUT2D eigenvalue weighted by molar-refractivity contribution is -0.134. The number of hydrogen-bond donors (Lipinski definition) is 2. The average molecular weight is 438 g/mol. The number of aliphatic hydroxyl groups excluding tert-OH is 1. The van der Waals surface area contributed by atoms with Crippen LogP contribution in [-0.2, 0) is 9.53 Å². The largest absolute Gasteiger partial charge is 0.497 e. The molecule has 7 heteroatoms. The van der Waals surface area contributed by atoms with Crippen LogP contribution < -0.4 is 10.1 Å². The zero-order valence-corrected chi connectivity index (χ0v) is 18.5. The Labute approximate surface area is 188 Å². The molecule has 2 saturated heterocycles. The molecule has 0 spiro atoms. The maximum Gasteiger partial charge on any atom is 0.237 e. The van der Waals surface area contributed by atoms with E-state index in [1.165, 1.54) is 0 Å². The first-order chi connectivity index (χ1) is 15.7. The number of ether oxygens (including phenoxy) is 2. The van der Waals surface area contributed by atoms with E-state index in [1.54, 1.807) is 7.11 Å². The number of anilines is 1. The maximum absolute atomic E-state index is 13.3. The van der Waals surface area contributed by atoms with E-state index < -0.39 is 0 Å². The van der Waals surface area contributed by atoms with Crippen molar-refractivity contribution >= 4 is 11.6 Å². The second-order valence-electron chi connectivity index (χ2n) is 8.84. The summed E-state index contributed by atoms with van der Waals surface area (Å²) in [5, 5.41) is 13.6. The summed E-state index contributed by atoms with van der Waals surface area (Å²) < 4.78 is 10.7. The Hall–Kier alpha value is -2.61. The average Bonchev–Trinajstić information content (AvgIpc) is 3.30. The molecule has 0 unspecified atom stereocenters. The molecule has 0 radical (unpaired) electrons. The van der Waals surface area contributed by atoms with E-state index >= 15 is 0 Å². The Balaban J connectivity index is 1.45. The van der Waals surface area contributed by atoms with Gasteiger partial charge in [0.1, 0.15) is 5.75 Å². The van der Waals surface area contributed by atoms with Crippen LogP contribution in [0, 0.1) is 5.92 Å². The molecule has 2 fully saturated rings. The van der Waals surface area contributed by atoms with Crippen LogP contribution in [0.3, 0.4) is 0 Å². The zero-order valence-electron chi connectivity index (χ0n) is 18.5. The lowest BCUT2D eigenvalue weighted by Gasteiger charge is -2.40. The summed E-state index contributed by atoms with van der Waals surface area (Å²) in [5.74, 6) is 1.20. The van der Waals surface area contributed by atoms with E-state index in [2.05, 4.69) is 40.5 Å². The van der Waals surface area contributed by atoms with Gasteiger partial charge >= 0.3 is 0 Å². The van der Waals surface area contributed by atoms with E-state index in [0.29, 0.717) is 19.8 Å². The standard InChI is InChI=1S/C25H31N3O4/c1-31-19-5-2-17(3-6-19)18-4-7-22-21(14-18)25-20(23(16-29)26-22)8-9-28(25)24(30)15-27-10-12-32-13-11-27/h2-7,14,20,23,25-26,29H,8-13,15-16H2,1H3/t20-,23-,25-/m1/s1. The number of benzene rings is 2. The van der Waals surface area contributed by atoms with Gasteiger partial charge in [0.25, 0.3) is 0 Å². The van der Waals surface area contributed by atoms with Gasteiger partial charge in [-0.2, -0.15) is 0 Å². The smallest absolute Gasteiger partial charge is 0.237 e. The Kier molecular flexibility index (Phi) is 6.04. The van der Waals surface area contributed by atoms with Crippen LogP contribution in [0.5, 0.6) is 5.75 Å². The van der Waals surface area contributed by atoms with Crippen LogP contribution in [0.15, 0.2) is 42.5 Å². The first-order valence-corrected chi connectivity index (χ1v) is 11.4. The van der Waals surface area contributed by atoms with Crippen molar-refractivity contribution in [1.82, 2.24) is 9.80 Å². The Morgan fingerprint density at radius 1 is 1.12 bits per heavy atom. The summed E-state index contributed by atoms with van der Waals surface area (Å²) in [4.78, 5) is 17.6. The number of likely N-dealkylation sites (tertiary alicyclic amines) is 1. The highest BCUT2D eigenvalue weighted by Gasteiger charge is 2.45. The van der Waals surface area contributed by atoms with Crippen LogP contribution >= 0.6 is 0 Å². The third-order valence-corrected chi connectivity index (χ3v) is 7.08. The fraction of sp³-hybridized carbons (Fsp3) is 0.480. The van der Waals surface area contributed by atoms with Gasteiger partial charge in [-0.25, -0.2) is 0 Å². The zero-order chi connectivity index (χ0) is 22.1. The van der Waals surface area contributed by atoms with Crippen LogP contribution in [0.2, 0.25) is 0 Å². The van der Waals surface area contributed by atoms with E-state index in [0.717, 1.165) is 54.2 Å². The molecule has 0 aliphatic carbocycles. The number of aliphatic hydroxyl groups is 1. The number of nitrogens with one attached hydrogen (secondary N) is 1. The SMILES string of the molecule is COc1ccc(-c2ccc3c(c2)[C@H]2[C@H](CCN2C(=O)CN2CCOCC2)[C@@H](CO)N3)cc1.